The molecule has 2 rings (SSSR count). The van der Waals surface area contributed by atoms with Gasteiger partial charge in [0.2, 0.25) is 0 Å². The average Bonchev–Trinajstić information content (AvgIpc) is 2.47. The summed E-state index contributed by atoms with van der Waals surface area (Å²) in [4.78, 5) is 10.4. The summed E-state index contributed by atoms with van der Waals surface area (Å²) in [6.07, 6.45) is 1.41. The van der Waals surface area contributed by atoms with E-state index in [1.54, 1.807) is 12.1 Å². The lowest BCUT2D eigenvalue weighted by molar-refractivity contribution is -0.385. The summed E-state index contributed by atoms with van der Waals surface area (Å²) in [6.45, 7) is 0. The minimum atomic E-state index is -0.452. The summed E-state index contributed by atoms with van der Waals surface area (Å²) >= 11 is 0. The number of benzene rings is 2. The van der Waals surface area contributed by atoms with Crippen molar-refractivity contribution in [3.63, 3.8) is 0 Å². The highest BCUT2D eigenvalue weighted by Gasteiger charge is 2.15. The predicted molar refractivity (Wildman–Crippen MR) is 81.5 cm³/mol. The Kier molecular flexibility index (Phi) is 4.90. The van der Waals surface area contributed by atoms with E-state index in [4.69, 9.17) is 10.5 Å². The Hall–Kier alpha value is -2.40. The molecule has 0 spiro atoms. The molecular formula is C16H18N2O3. The van der Waals surface area contributed by atoms with E-state index in [2.05, 4.69) is 0 Å². The summed E-state index contributed by atoms with van der Waals surface area (Å²) in [5.41, 5.74) is 8.23. The van der Waals surface area contributed by atoms with Gasteiger partial charge in [-0.2, -0.15) is 0 Å². The van der Waals surface area contributed by atoms with Crippen molar-refractivity contribution < 1.29 is 9.66 Å². The highest BCUT2D eigenvalue weighted by atomic mass is 16.6. The van der Waals surface area contributed by atoms with Gasteiger partial charge in [-0.1, -0.05) is 36.4 Å². The van der Waals surface area contributed by atoms with Crippen LogP contribution < -0.4 is 10.5 Å². The Morgan fingerprint density at radius 3 is 2.43 bits per heavy atom. The molecule has 5 nitrogen and oxygen atoms in total. The van der Waals surface area contributed by atoms with Crippen LogP contribution in [0.2, 0.25) is 0 Å². The van der Waals surface area contributed by atoms with Crippen LogP contribution in [-0.4, -0.2) is 18.1 Å². The van der Waals surface area contributed by atoms with Gasteiger partial charge in [0, 0.05) is 12.1 Å². The van der Waals surface area contributed by atoms with Crippen molar-refractivity contribution >= 4 is 5.69 Å². The zero-order chi connectivity index (χ0) is 15.2. The van der Waals surface area contributed by atoms with Gasteiger partial charge in [-0.15, -0.1) is 0 Å². The molecule has 0 aliphatic carbocycles. The smallest absolute Gasteiger partial charge is 0.310 e. The number of hydrogen-bond donors (Lipinski definition) is 1. The minimum Gasteiger partial charge on any atom is -0.490 e. The third-order valence-corrected chi connectivity index (χ3v) is 3.28. The second kappa shape index (κ2) is 6.85. The molecule has 0 bridgehead atoms. The summed E-state index contributed by atoms with van der Waals surface area (Å²) in [5.74, 6) is 0.268. The summed E-state index contributed by atoms with van der Waals surface area (Å²) < 4.78 is 5.06. The molecule has 110 valence electrons. The molecule has 0 saturated heterocycles. The van der Waals surface area contributed by atoms with E-state index in [-0.39, 0.29) is 17.5 Å². The van der Waals surface area contributed by atoms with E-state index in [9.17, 15) is 10.1 Å². The van der Waals surface area contributed by atoms with Gasteiger partial charge in [0.1, 0.15) is 0 Å². The fourth-order valence-electron chi connectivity index (χ4n) is 2.29. The number of nitrogens with zero attached hydrogens (tertiary/aromatic N) is 1. The van der Waals surface area contributed by atoms with Gasteiger partial charge in [-0.25, -0.2) is 0 Å². The van der Waals surface area contributed by atoms with Crippen molar-refractivity contribution in [2.24, 2.45) is 5.73 Å². The van der Waals surface area contributed by atoms with E-state index in [0.29, 0.717) is 6.42 Å². The molecule has 0 radical (unpaired) electrons. The van der Waals surface area contributed by atoms with E-state index in [1.165, 1.54) is 18.7 Å². The molecule has 0 saturated carbocycles. The average molecular weight is 286 g/mol. The van der Waals surface area contributed by atoms with Crippen LogP contribution in [0.3, 0.4) is 0 Å². The van der Waals surface area contributed by atoms with Gasteiger partial charge in [0.25, 0.3) is 0 Å². The predicted octanol–water partition coefficient (Wildman–Crippen LogP) is 2.72. The topological polar surface area (TPSA) is 78.4 Å². The molecule has 1 unspecified atom stereocenters. The number of methoxy groups -OCH3 is 1. The van der Waals surface area contributed by atoms with Crippen LogP contribution in [-0.2, 0) is 12.8 Å². The molecule has 1 atom stereocenters. The molecule has 0 aromatic heterocycles. The molecule has 2 aromatic carbocycles. The maximum absolute atomic E-state index is 10.9. The monoisotopic (exact) mass is 286 g/mol. The molecule has 5 heteroatoms. The number of nitro benzene ring substituents is 1. The van der Waals surface area contributed by atoms with E-state index < -0.39 is 4.92 Å². The first-order valence-corrected chi connectivity index (χ1v) is 6.71. The lowest BCUT2D eigenvalue weighted by Crippen LogP contribution is -2.25. The SMILES string of the molecule is COc1cc(CC(N)Cc2ccccc2)ccc1[N+](=O)[O-]. The Labute approximate surface area is 123 Å². The number of nitrogens with two attached hydrogens (primary N) is 1. The molecule has 2 N–H and O–H groups in total. The van der Waals surface area contributed by atoms with Gasteiger partial charge >= 0.3 is 5.69 Å². The first-order chi connectivity index (χ1) is 10.1. The lowest BCUT2D eigenvalue weighted by atomic mass is 9.99. The van der Waals surface area contributed by atoms with E-state index in [1.807, 2.05) is 30.3 Å². The van der Waals surface area contributed by atoms with Gasteiger partial charge < -0.3 is 10.5 Å². The molecule has 0 heterocycles. The number of hydrogen-bond acceptors (Lipinski definition) is 4. The van der Waals surface area contributed by atoms with Gasteiger partial charge in [0.15, 0.2) is 5.75 Å². The largest absolute Gasteiger partial charge is 0.490 e. The first-order valence-electron chi connectivity index (χ1n) is 6.71. The highest BCUT2D eigenvalue weighted by Crippen LogP contribution is 2.28. The van der Waals surface area contributed by atoms with Crippen LogP contribution in [0.1, 0.15) is 11.1 Å². The zero-order valence-electron chi connectivity index (χ0n) is 11.9. The van der Waals surface area contributed by atoms with Crippen molar-refractivity contribution in [1.29, 1.82) is 0 Å². The van der Waals surface area contributed by atoms with Crippen molar-refractivity contribution in [3.05, 3.63) is 69.8 Å². The highest BCUT2D eigenvalue weighted by molar-refractivity contribution is 5.48. The van der Waals surface area contributed by atoms with Crippen LogP contribution in [0.5, 0.6) is 5.75 Å². The standard InChI is InChI=1S/C16H18N2O3/c1-21-16-11-13(7-8-15(16)18(19)20)10-14(17)9-12-5-3-2-4-6-12/h2-8,11,14H,9-10,17H2,1H3. The van der Waals surface area contributed by atoms with Crippen LogP contribution in [0.4, 0.5) is 5.69 Å². The molecular weight excluding hydrogens is 268 g/mol. The second-order valence-electron chi connectivity index (χ2n) is 4.92. The summed E-state index contributed by atoms with van der Waals surface area (Å²) in [7, 11) is 1.43. The molecule has 2 aromatic rings. The van der Waals surface area contributed by atoms with Crippen LogP contribution in [0.15, 0.2) is 48.5 Å². The summed E-state index contributed by atoms with van der Waals surface area (Å²) in [5, 5.41) is 10.9. The zero-order valence-corrected chi connectivity index (χ0v) is 11.9. The maximum atomic E-state index is 10.9. The van der Waals surface area contributed by atoms with E-state index >= 15 is 0 Å². The molecule has 0 fully saturated rings. The Balaban J connectivity index is 2.07. The number of nitro groups is 1. The van der Waals surface area contributed by atoms with Crippen LogP contribution in [0.25, 0.3) is 0 Å². The van der Waals surface area contributed by atoms with Gasteiger partial charge in [-0.3, -0.25) is 10.1 Å². The van der Waals surface area contributed by atoms with E-state index in [0.717, 1.165) is 12.0 Å². The fraction of sp³-hybridized carbons (Fsp3) is 0.250. The number of ether oxygens (including phenoxy) is 1. The third-order valence-electron chi connectivity index (χ3n) is 3.28. The Bertz CT molecular complexity index is 614. The number of rotatable bonds is 6. The maximum Gasteiger partial charge on any atom is 0.310 e. The Morgan fingerprint density at radius 1 is 1.14 bits per heavy atom. The van der Waals surface area contributed by atoms with Gasteiger partial charge in [-0.05, 0) is 30.0 Å². The molecule has 0 amide bonds. The first kappa shape index (κ1) is 15.0. The van der Waals surface area contributed by atoms with Crippen molar-refractivity contribution in [2.75, 3.05) is 7.11 Å². The minimum absolute atomic E-state index is 0.0297. The van der Waals surface area contributed by atoms with Gasteiger partial charge in [0.05, 0.1) is 12.0 Å². The van der Waals surface area contributed by atoms with Crippen molar-refractivity contribution in [1.82, 2.24) is 0 Å². The van der Waals surface area contributed by atoms with Crippen LogP contribution in [0, 0.1) is 10.1 Å². The normalized spacial score (nSPS) is 11.9. The van der Waals surface area contributed by atoms with Crippen LogP contribution >= 0.6 is 0 Å². The third kappa shape index (κ3) is 4.03. The quantitative estimate of drug-likeness (QED) is 0.654. The second-order valence-corrected chi connectivity index (χ2v) is 4.92. The summed E-state index contributed by atoms with van der Waals surface area (Å²) in [6, 6.07) is 14.8. The molecule has 0 aliphatic heterocycles. The van der Waals surface area contributed by atoms with Crippen molar-refractivity contribution in [3.8, 4) is 5.75 Å². The van der Waals surface area contributed by atoms with Crippen molar-refractivity contribution in [2.45, 2.75) is 18.9 Å². The molecule has 0 aliphatic rings. The fourth-order valence-corrected chi connectivity index (χ4v) is 2.29. The molecule has 21 heavy (non-hydrogen) atoms. The lowest BCUT2D eigenvalue weighted by Gasteiger charge is -2.12. The Morgan fingerprint density at radius 2 is 1.81 bits per heavy atom.